The predicted molar refractivity (Wildman–Crippen MR) is 149 cm³/mol. The Balaban J connectivity index is 1.25. The van der Waals surface area contributed by atoms with Crippen LogP contribution in [0, 0.1) is 24.0 Å². The molecule has 2 aliphatic rings. The van der Waals surface area contributed by atoms with Crippen molar-refractivity contribution in [2.75, 3.05) is 20.3 Å². The van der Waals surface area contributed by atoms with E-state index in [9.17, 15) is 13.6 Å². The third-order valence-corrected chi connectivity index (χ3v) is 7.94. The molecule has 13 heteroatoms. The monoisotopic (exact) mass is 611 g/mol. The van der Waals surface area contributed by atoms with E-state index in [1.165, 1.54) is 13.2 Å². The first-order valence-corrected chi connectivity index (χ1v) is 13.9. The minimum absolute atomic E-state index is 0.0297. The van der Waals surface area contributed by atoms with Gasteiger partial charge in [-0.3, -0.25) is 4.90 Å². The van der Waals surface area contributed by atoms with Gasteiger partial charge in [-0.15, -0.1) is 0 Å². The van der Waals surface area contributed by atoms with Crippen molar-refractivity contribution >= 4 is 34.3 Å². The van der Waals surface area contributed by atoms with E-state index in [0.717, 1.165) is 24.1 Å². The molecule has 0 amide bonds. The number of esters is 1. The number of hydrogen-bond acceptors (Lipinski definition) is 7. The maximum Gasteiger partial charge on any atom is 0.340 e. The number of hydrogen-bond donors (Lipinski definition) is 0. The largest absolute Gasteiger partial charge is 0.472 e. The highest BCUT2D eigenvalue weighted by Gasteiger charge is 2.28. The van der Waals surface area contributed by atoms with Crippen LogP contribution < -0.4 is 4.74 Å². The predicted octanol–water partition coefficient (Wildman–Crippen LogP) is 5.77. The van der Waals surface area contributed by atoms with Crippen molar-refractivity contribution in [1.82, 2.24) is 19.4 Å². The summed E-state index contributed by atoms with van der Waals surface area (Å²) in [5.74, 6) is -2.61. The second-order valence-corrected chi connectivity index (χ2v) is 10.7. The Morgan fingerprint density at radius 3 is 2.65 bits per heavy atom. The van der Waals surface area contributed by atoms with Crippen molar-refractivity contribution in [3.8, 4) is 5.88 Å². The van der Waals surface area contributed by atoms with Gasteiger partial charge in [0, 0.05) is 19.7 Å². The van der Waals surface area contributed by atoms with E-state index in [2.05, 4.69) is 14.7 Å². The van der Waals surface area contributed by atoms with Crippen LogP contribution in [0.1, 0.15) is 39.4 Å². The van der Waals surface area contributed by atoms with Crippen LogP contribution in [0.2, 0.25) is 5.02 Å². The molecular formula is C30H25ClF3N5O4. The number of imidazole rings is 1. The fraction of sp³-hybridized carbons (Fsp3) is 0.333. The molecule has 1 fully saturated rings. The van der Waals surface area contributed by atoms with Gasteiger partial charge < -0.3 is 18.8 Å². The molecule has 0 N–H and O–H groups in total. The number of fused-ring (bicyclic) bond motifs is 2. The summed E-state index contributed by atoms with van der Waals surface area (Å²) in [6, 6.07) is 6.60. The Morgan fingerprint density at radius 2 is 1.98 bits per heavy atom. The van der Waals surface area contributed by atoms with E-state index in [-0.39, 0.29) is 39.3 Å². The molecule has 1 saturated heterocycles. The van der Waals surface area contributed by atoms with Gasteiger partial charge >= 0.3 is 5.97 Å². The average Bonchev–Trinajstić information content (AvgIpc) is 3.31. The third-order valence-electron chi connectivity index (χ3n) is 7.67. The van der Waals surface area contributed by atoms with Crippen LogP contribution in [-0.4, -0.2) is 51.8 Å². The van der Waals surface area contributed by atoms with Crippen LogP contribution >= 0.6 is 11.6 Å². The molecule has 0 spiro atoms. The van der Waals surface area contributed by atoms with Gasteiger partial charge in [0.05, 0.1) is 55.2 Å². The van der Waals surface area contributed by atoms with Crippen LogP contribution in [0.15, 0.2) is 30.3 Å². The van der Waals surface area contributed by atoms with Crippen molar-refractivity contribution < 1.29 is 32.2 Å². The fourth-order valence-corrected chi connectivity index (χ4v) is 5.51. The number of methoxy groups -OCH3 is 1. The SMILES string of the molecule is [C-]#[N+]c1cc(F)c(COc2nc3c(cc2Cl)CCN(Cc2nc4ccc(C(=O)OC)c(F)c4n2C[C@@H]2CCO2)C3)c(F)c1. The lowest BCUT2D eigenvalue weighted by Gasteiger charge is -2.30. The first-order valence-electron chi connectivity index (χ1n) is 13.5. The van der Waals surface area contributed by atoms with E-state index in [1.54, 1.807) is 16.7 Å². The molecule has 0 saturated carbocycles. The minimum atomic E-state index is -0.892. The number of aromatic nitrogens is 3. The normalized spacial score (nSPS) is 16.4. The maximum atomic E-state index is 15.6. The second-order valence-electron chi connectivity index (χ2n) is 10.3. The van der Waals surface area contributed by atoms with Crippen molar-refractivity contribution in [3.63, 3.8) is 0 Å². The van der Waals surface area contributed by atoms with E-state index in [4.69, 9.17) is 37.4 Å². The maximum absolute atomic E-state index is 15.6. The topological polar surface area (TPSA) is 83.1 Å². The van der Waals surface area contributed by atoms with Gasteiger partial charge in [0.1, 0.15) is 34.6 Å². The molecule has 0 radical (unpaired) electrons. The fourth-order valence-electron chi connectivity index (χ4n) is 5.28. The standard InChI is InChI=1S/C30H25ClF3N5O4/c1-35-17-10-22(32)20(23(33)11-17)15-43-29-21(31)9-16-5-7-38(13-25(16)37-29)14-26-36-24-4-3-19(30(40)41-2)27(34)28(24)39(26)12-18-6-8-42-18/h3-4,9-11,18H,5-8,12-15H2,2H3/t18-/m0/s1. The molecule has 2 aliphatic heterocycles. The zero-order valence-corrected chi connectivity index (χ0v) is 23.8. The Labute approximate surface area is 249 Å². The molecular weight excluding hydrogens is 587 g/mol. The number of benzene rings is 2. The number of rotatable bonds is 8. The number of nitrogens with zero attached hydrogens (tertiary/aromatic N) is 5. The van der Waals surface area contributed by atoms with Crippen molar-refractivity contribution in [2.45, 2.75) is 45.2 Å². The molecule has 2 aromatic carbocycles. The minimum Gasteiger partial charge on any atom is -0.472 e. The van der Waals surface area contributed by atoms with Gasteiger partial charge in [-0.2, -0.15) is 0 Å². The number of carbonyl (C=O) groups is 1. The summed E-state index contributed by atoms with van der Waals surface area (Å²) in [6.45, 7) is 8.91. The molecule has 0 unspecified atom stereocenters. The number of carbonyl (C=O) groups excluding carboxylic acids is 1. The first kappa shape index (κ1) is 28.9. The van der Waals surface area contributed by atoms with Crippen LogP contribution in [-0.2, 0) is 42.1 Å². The molecule has 222 valence electrons. The number of ether oxygens (including phenoxy) is 3. The Hall–Kier alpha value is -4.18. The summed E-state index contributed by atoms with van der Waals surface area (Å²) >= 11 is 6.39. The lowest BCUT2D eigenvalue weighted by Crippen LogP contribution is -2.34. The molecule has 2 aromatic heterocycles. The van der Waals surface area contributed by atoms with E-state index < -0.39 is 30.0 Å². The van der Waals surface area contributed by atoms with Gasteiger partial charge in [-0.1, -0.05) is 11.6 Å². The van der Waals surface area contributed by atoms with Gasteiger partial charge in [-0.25, -0.2) is 32.8 Å². The number of halogens is 4. The second kappa shape index (κ2) is 11.8. The van der Waals surface area contributed by atoms with Crippen molar-refractivity contribution in [2.24, 2.45) is 0 Å². The highest BCUT2D eigenvalue weighted by molar-refractivity contribution is 6.31. The molecule has 1 atom stereocenters. The van der Waals surface area contributed by atoms with E-state index >= 15 is 4.39 Å². The van der Waals surface area contributed by atoms with E-state index in [0.29, 0.717) is 56.2 Å². The molecule has 4 heterocycles. The lowest BCUT2D eigenvalue weighted by molar-refractivity contribution is -0.0592. The molecule has 0 aliphatic carbocycles. The first-order chi connectivity index (χ1) is 20.7. The lowest BCUT2D eigenvalue weighted by atomic mass is 10.1. The van der Waals surface area contributed by atoms with Gasteiger partial charge in [-0.05, 0) is 48.7 Å². The summed E-state index contributed by atoms with van der Waals surface area (Å²) in [5, 5.41) is 0.213. The summed E-state index contributed by atoms with van der Waals surface area (Å²) in [6.07, 6.45) is 1.37. The third kappa shape index (κ3) is 5.63. The van der Waals surface area contributed by atoms with Crippen LogP contribution in [0.4, 0.5) is 18.9 Å². The molecule has 4 aromatic rings. The van der Waals surface area contributed by atoms with Gasteiger partial charge in [0.25, 0.3) is 0 Å². The van der Waals surface area contributed by atoms with Crippen LogP contribution in [0.25, 0.3) is 15.9 Å². The summed E-state index contributed by atoms with van der Waals surface area (Å²) in [4.78, 5) is 26.6. The van der Waals surface area contributed by atoms with Crippen LogP contribution in [0.5, 0.6) is 5.88 Å². The summed E-state index contributed by atoms with van der Waals surface area (Å²) < 4.78 is 62.1. The Morgan fingerprint density at radius 1 is 1.21 bits per heavy atom. The smallest absolute Gasteiger partial charge is 0.340 e. The zero-order chi connectivity index (χ0) is 30.2. The van der Waals surface area contributed by atoms with Crippen molar-refractivity contribution in [3.05, 3.63) is 92.4 Å². The Bertz CT molecular complexity index is 1760. The number of pyridine rings is 1. The highest BCUT2D eigenvalue weighted by atomic mass is 35.5. The van der Waals surface area contributed by atoms with Gasteiger partial charge in [0.2, 0.25) is 5.88 Å². The Kier molecular flexibility index (Phi) is 7.96. The molecule has 6 rings (SSSR count). The highest BCUT2D eigenvalue weighted by Crippen LogP contribution is 2.32. The summed E-state index contributed by atoms with van der Waals surface area (Å²) in [5.41, 5.74) is 1.58. The van der Waals surface area contributed by atoms with Crippen LogP contribution in [0.3, 0.4) is 0 Å². The average molecular weight is 612 g/mol. The molecule has 0 bridgehead atoms. The zero-order valence-electron chi connectivity index (χ0n) is 23.0. The van der Waals surface area contributed by atoms with Gasteiger partial charge in [0.15, 0.2) is 11.5 Å². The summed E-state index contributed by atoms with van der Waals surface area (Å²) in [7, 11) is 1.20. The quantitative estimate of drug-likeness (QED) is 0.185. The molecule has 9 nitrogen and oxygen atoms in total. The molecule has 43 heavy (non-hydrogen) atoms. The van der Waals surface area contributed by atoms with Crippen molar-refractivity contribution in [1.29, 1.82) is 0 Å². The van der Waals surface area contributed by atoms with E-state index in [1.807, 2.05) is 0 Å².